The zero-order chi connectivity index (χ0) is 31.1. The van der Waals surface area contributed by atoms with Crippen LogP contribution >= 0.6 is 11.6 Å². The van der Waals surface area contributed by atoms with Gasteiger partial charge >= 0.3 is 0 Å². The molecule has 7 nitrogen and oxygen atoms in total. The van der Waals surface area contributed by atoms with Crippen LogP contribution < -0.4 is 14.4 Å². The first-order chi connectivity index (χ1) is 21.1. The molecule has 44 heavy (non-hydrogen) atoms. The van der Waals surface area contributed by atoms with Gasteiger partial charge in [0.05, 0.1) is 23.6 Å². The van der Waals surface area contributed by atoms with Crippen LogP contribution in [0.2, 0.25) is 5.02 Å². The van der Waals surface area contributed by atoms with Gasteiger partial charge in [0.2, 0.25) is 10.0 Å². The van der Waals surface area contributed by atoms with Crippen molar-refractivity contribution in [2.75, 3.05) is 24.6 Å². The topological polar surface area (TPSA) is 95.9 Å². The third-order valence-corrected chi connectivity index (χ3v) is 12.8. The molecule has 0 aromatic heterocycles. The Morgan fingerprint density at radius 2 is 2.02 bits per heavy atom. The lowest BCUT2D eigenvalue weighted by Gasteiger charge is -2.45. The normalized spacial score (nSPS) is 32.3. The summed E-state index contributed by atoms with van der Waals surface area (Å²) in [5, 5.41) is 11.3. The number of allylic oxidation sites excluding steroid dienone is 1. The van der Waals surface area contributed by atoms with Crippen molar-refractivity contribution >= 4 is 33.2 Å². The molecule has 0 radical (unpaired) electrons. The molecule has 2 aromatic rings. The molecule has 2 bridgehead atoms. The van der Waals surface area contributed by atoms with Gasteiger partial charge < -0.3 is 14.7 Å². The molecular formula is C35H45ClN2O5S. The molecule has 2 heterocycles. The Kier molecular flexibility index (Phi) is 9.06. The Morgan fingerprint density at radius 3 is 2.80 bits per heavy atom. The van der Waals surface area contributed by atoms with Crippen molar-refractivity contribution < 1.29 is 23.1 Å². The van der Waals surface area contributed by atoms with Crippen LogP contribution in [0.1, 0.15) is 86.7 Å². The molecule has 1 fully saturated rings. The van der Waals surface area contributed by atoms with Crippen LogP contribution in [0.4, 0.5) is 5.69 Å². The average Bonchev–Trinajstić information content (AvgIpc) is 3.11. The smallest absolute Gasteiger partial charge is 0.264 e. The Labute approximate surface area is 267 Å². The number of fused-ring (bicyclic) bond motifs is 4. The summed E-state index contributed by atoms with van der Waals surface area (Å²) >= 11 is 6.40. The molecule has 1 amide bonds. The molecule has 2 aliphatic carbocycles. The van der Waals surface area contributed by atoms with Crippen molar-refractivity contribution in [3.63, 3.8) is 0 Å². The maximum absolute atomic E-state index is 13.6. The number of benzene rings is 2. The van der Waals surface area contributed by atoms with Crippen molar-refractivity contribution in [1.29, 1.82) is 0 Å². The molecule has 2 aliphatic heterocycles. The molecular weight excluding hydrogens is 596 g/mol. The number of amides is 1. The number of aliphatic hydroxyl groups excluding tert-OH is 1. The Bertz CT molecular complexity index is 1530. The lowest BCUT2D eigenvalue weighted by atomic mass is 9.68. The second-order valence-corrected chi connectivity index (χ2v) is 15.9. The predicted octanol–water partition coefficient (Wildman–Crippen LogP) is 6.41. The van der Waals surface area contributed by atoms with Crippen molar-refractivity contribution in [2.24, 2.45) is 17.8 Å². The van der Waals surface area contributed by atoms with E-state index in [1.807, 2.05) is 38.1 Å². The van der Waals surface area contributed by atoms with E-state index in [1.165, 1.54) is 11.1 Å². The van der Waals surface area contributed by atoms with Crippen molar-refractivity contribution in [1.82, 2.24) is 4.72 Å². The number of ether oxygens (including phenoxy) is 1. The van der Waals surface area contributed by atoms with Crippen LogP contribution in [0.25, 0.3) is 0 Å². The highest BCUT2D eigenvalue weighted by Crippen LogP contribution is 2.46. The minimum Gasteiger partial charge on any atom is -0.490 e. The highest BCUT2D eigenvalue weighted by molar-refractivity contribution is 7.90. The van der Waals surface area contributed by atoms with E-state index in [9.17, 15) is 18.3 Å². The molecule has 1 spiro atoms. The second kappa shape index (κ2) is 12.7. The predicted molar refractivity (Wildman–Crippen MR) is 175 cm³/mol. The zero-order valence-electron chi connectivity index (χ0n) is 25.8. The van der Waals surface area contributed by atoms with Gasteiger partial charge in [0.25, 0.3) is 5.91 Å². The first kappa shape index (κ1) is 31.4. The quantitative estimate of drug-likeness (QED) is 0.376. The molecule has 6 atom stereocenters. The third kappa shape index (κ3) is 6.14. The molecule has 4 aliphatic rings. The lowest BCUT2D eigenvalue weighted by molar-refractivity contribution is 0.0455. The molecule has 238 valence electrons. The van der Waals surface area contributed by atoms with Crippen LogP contribution in [0, 0.1) is 17.8 Å². The van der Waals surface area contributed by atoms with Gasteiger partial charge in [-0.1, -0.05) is 56.5 Å². The summed E-state index contributed by atoms with van der Waals surface area (Å²) in [6.07, 6.45) is 10.8. The largest absolute Gasteiger partial charge is 0.490 e. The number of aryl methyl sites for hydroxylation is 1. The van der Waals surface area contributed by atoms with Crippen LogP contribution in [0.15, 0.2) is 48.6 Å². The van der Waals surface area contributed by atoms with Crippen LogP contribution in [-0.2, 0) is 21.9 Å². The summed E-state index contributed by atoms with van der Waals surface area (Å²) in [5.41, 5.74) is 3.35. The van der Waals surface area contributed by atoms with Crippen molar-refractivity contribution in [3.05, 3.63) is 70.3 Å². The number of hydrogen-bond donors (Lipinski definition) is 2. The SMILES string of the molecule is CCCCC1C(C)C/C=C/C(O)C2CCC2CN2C[C@@]3(CCCc4cc(Cl)ccc43)COc3ccc(cc32)C(=O)NS1(=O)=O. The first-order valence-electron chi connectivity index (χ1n) is 16.3. The summed E-state index contributed by atoms with van der Waals surface area (Å²) < 4.78 is 36.2. The fourth-order valence-electron chi connectivity index (χ4n) is 7.95. The first-order valence-corrected chi connectivity index (χ1v) is 18.2. The number of nitrogens with zero attached hydrogens (tertiary/aromatic N) is 1. The Balaban J connectivity index is 1.41. The molecule has 0 saturated heterocycles. The van der Waals surface area contributed by atoms with Crippen molar-refractivity contribution in [3.8, 4) is 5.75 Å². The van der Waals surface area contributed by atoms with E-state index in [0.29, 0.717) is 37.3 Å². The summed E-state index contributed by atoms with van der Waals surface area (Å²) in [4.78, 5) is 15.9. The summed E-state index contributed by atoms with van der Waals surface area (Å²) in [7, 11) is -3.94. The molecule has 2 aromatic carbocycles. The van der Waals surface area contributed by atoms with Gasteiger partial charge in [0.15, 0.2) is 0 Å². The highest BCUT2D eigenvalue weighted by Gasteiger charge is 2.44. The molecule has 5 unspecified atom stereocenters. The number of halogens is 1. The number of nitrogens with one attached hydrogen (secondary N) is 1. The number of aliphatic hydroxyl groups is 1. The average molecular weight is 641 g/mol. The van der Waals surface area contributed by atoms with Gasteiger partial charge in [-0.3, -0.25) is 4.79 Å². The number of rotatable bonds is 3. The summed E-state index contributed by atoms with van der Waals surface area (Å²) in [5.74, 6) is 0.278. The number of sulfonamides is 1. The van der Waals surface area contributed by atoms with Crippen molar-refractivity contribution in [2.45, 2.75) is 88.4 Å². The van der Waals surface area contributed by atoms with Gasteiger partial charge in [-0.25, -0.2) is 13.1 Å². The van der Waals surface area contributed by atoms with Gasteiger partial charge in [0, 0.05) is 29.1 Å². The highest BCUT2D eigenvalue weighted by atomic mass is 35.5. The standard InChI is InChI=1S/C35H45ClN2O5S/c1-3-4-10-33-23(2)7-5-9-31(39)28-14-11-26(28)20-38-21-35(17-6-8-24-18-27(36)13-15-29(24)35)22-43-32-16-12-25(19-30(32)38)34(40)37-44(33,41)42/h5,9,12-13,15-16,18-19,23,26,28,31,33,39H,3-4,6-8,10-11,14,17,20-22H2,1-2H3,(H,37,40)/b9-5+/t23?,26?,28?,31?,33?,35-/m0/s1. The number of hydrogen-bond acceptors (Lipinski definition) is 6. The van der Waals surface area contributed by atoms with Crippen LogP contribution in [0.3, 0.4) is 0 Å². The Morgan fingerprint density at radius 1 is 1.18 bits per heavy atom. The summed E-state index contributed by atoms with van der Waals surface area (Å²) in [6.45, 7) is 5.87. The molecule has 1 saturated carbocycles. The minimum absolute atomic E-state index is 0.126. The van der Waals surface area contributed by atoms with E-state index in [0.717, 1.165) is 62.2 Å². The van der Waals surface area contributed by atoms with Gasteiger partial charge in [-0.05, 0) is 104 Å². The van der Waals surface area contributed by atoms with Crippen LogP contribution in [-0.4, -0.2) is 50.5 Å². The maximum atomic E-state index is 13.6. The lowest BCUT2D eigenvalue weighted by Crippen LogP contribution is -2.49. The maximum Gasteiger partial charge on any atom is 0.264 e. The van der Waals surface area contributed by atoms with E-state index in [1.54, 1.807) is 12.1 Å². The van der Waals surface area contributed by atoms with Gasteiger partial charge in [-0.2, -0.15) is 0 Å². The Hall–Kier alpha value is -2.55. The molecule has 9 heteroatoms. The monoisotopic (exact) mass is 640 g/mol. The number of unbranched alkanes of at least 4 members (excludes halogenated alkanes) is 1. The fraction of sp³-hybridized carbons (Fsp3) is 0.571. The molecule has 6 rings (SSSR count). The number of anilines is 1. The van der Waals surface area contributed by atoms with E-state index in [2.05, 4.69) is 21.8 Å². The molecule has 2 N–H and O–H groups in total. The minimum atomic E-state index is -3.94. The van der Waals surface area contributed by atoms with Crippen LogP contribution in [0.5, 0.6) is 5.75 Å². The summed E-state index contributed by atoms with van der Waals surface area (Å²) in [6, 6.07) is 11.5. The van der Waals surface area contributed by atoms with Gasteiger partial charge in [0.1, 0.15) is 5.75 Å². The fourth-order valence-corrected chi connectivity index (χ4v) is 9.87. The number of carbonyl (C=O) groups is 1. The zero-order valence-corrected chi connectivity index (χ0v) is 27.4. The van der Waals surface area contributed by atoms with Gasteiger partial charge in [-0.15, -0.1) is 0 Å². The third-order valence-electron chi connectivity index (χ3n) is 10.6. The van der Waals surface area contributed by atoms with E-state index in [4.69, 9.17) is 16.3 Å². The number of carbonyl (C=O) groups excluding carboxylic acids is 1. The van der Waals surface area contributed by atoms with E-state index < -0.39 is 27.3 Å². The second-order valence-electron chi connectivity index (χ2n) is 13.6. The van der Waals surface area contributed by atoms with E-state index >= 15 is 0 Å². The van der Waals surface area contributed by atoms with E-state index in [-0.39, 0.29) is 23.2 Å².